The van der Waals surface area contributed by atoms with Crippen LogP contribution >= 0.6 is 0 Å². The molecule has 2 aromatic carbocycles. The molecule has 6 heteroatoms. The molecule has 1 fully saturated rings. The van der Waals surface area contributed by atoms with E-state index >= 15 is 0 Å². The number of hydrogen-bond acceptors (Lipinski definition) is 5. The fraction of sp³-hybridized carbons (Fsp3) is 0.419. The number of carbonyl (C=O) groups is 1. The van der Waals surface area contributed by atoms with E-state index < -0.39 is 5.91 Å². The first-order valence-corrected chi connectivity index (χ1v) is 13.4. The van der Waals surface area contributed by atoms with E-state index in [9.17, 15) is 9.90 Å². The molecule has 1 amide bonds. The molecule has 0 spiro atoms. The highest BCUT2D eigenvalue weighted by molar-refractivity contribution is 5.95. The highest BCUT2D eigenvalue weighted by Crippen LogP contribution is 2.37. The van der Waals surface area contributed by atoms with Crippen molar-refractivity contribution in [1.29, 1.82) is 0 Å². The van der Waals surface area contributed by atoms with Gasteiger partial charge < -0.3 is 15.6 Å². The van der Waals surface area contributed by atoms with Crippen LogP contribution in [0.3, 0.4) is 0 Å². The minimum absolute atomic E-state index is 0.0691. The second-order valence-corrected chi connectivity index (χ2v) is 10.2. The van der Waals surface area contributed by atoms with Gasteiger partial charge in [0.1, 0.15) is 17.2 Å². The van der Waals surface area contributed by atoms with Crippen LogP contribution in [0.5, 0.6) is 17.2 Å². The Morgan fingerprint density at radius 2 is 1.73 bits per heavy atom. The predicted molar refractivity (Wildman–Crippen MR) is 148 cm³/mol. The minimum Gasteiger partial charge on any atom is -0.507 e. The maximum Gasteiger partial charge on any atom is 0.252 e. The first-order valence-electron chi connectivity index (χ1n) is 13.4. The number of likely N-dealkylation sites (tertiary alicyclic amines) is 1. The molecule has 0 bridgehead atoms. The van der Waals surface area contributed by atoms with Crippen molar-refractivity contribution in [3.05, 3.63) is 70.4 Å². The number of carbonyl (C=O) groups excluding carboxylic acids is 1. The fourth-order valence-electron chi connectivity index (χ4n) is 5.53. The summed E-state index contributed by atoms with van der Waals surface area (Å²) >= 11 is 0. The summed E-state index contributed by atoms with van der Waals surface area (Å²) in [6.07, 6.45) is 5.42. The van der Waals surface area contributed by atoms with Crippen LogP contribution in [0, 0.1) is 6.92 Å². The van der Waals surface area contributed by atoms with Crippen LogP contribution in [0.25, 0.3) is 11.3 Å². The van der Waals surface area contributed by atoms with Crippen LogP contribution in [0.15, 0.2) is 42.5 Å². The van der Waals surface area contributed by atoms with Crippen LogP contribution in [-0.4, -0.2) is 33.0 Å². The quantitative estimate of drug-likeness (QED) is 0.366. The number of nitrogens with zero attached hydrogens (tertiary/aromatic N) is 2. The van der Waals surface area contributed by atoms with Crippen LogP contribution in [0.4, 0.5) is 0 Å². The lowest BCUT2D eigenvalue weighted by molar-refractivity contribution is 0.0941. The smallest absolute Gasteiger partial charge is 0.252 e. The third-order valence-corrected chi connectivity index (χ3v) is 7.72. The maximum absolute atomic E-state index is 11.6. The Bertz CT molecular complexity index is 1250. The van der Waals surface area contributed by atoms with Crippen molar-refractivity contribution in [2.24, 2.45) is 5.73 Å². The molecule has 2 heterocycles. The fourth-order valence-corrected chi connectivity index (χ4v) is 5.53. The number of aryl methyl sites for hydroxylation is 3. The average molecular weight is 502 g/mol. The van der Waals surface area contributed by atoms with Gasteiger partial charge in [0.05, 0.1) is 11.3 Å². The molecule has 0 aliphatic carbocycles. The summed E-state index contributed by atoms with van der Waals surface area (Å²) in [5.41, 5.74) is 12.0. The van der Waals surface area contributed by atoms with E-state index in [4.69, 9.17) is 15.5 Å². The molecule has 2 atom stereocenters. The number of rotatable bonds is 8. The molecular formula is C31H39N3O3. The van der Waals surface area contributed by atoms with Crippen LogP contribution in [0.2, 0.25) is 0 Å². The summed E-state index contributed by atoms with van der Waals surface area (Å²) < 4.78 is 6.45. The van der Waals surface area contributed by atoms with Gasteiger partial charge in [-0.2, -0.15) is 0 Å². The third kappa shape index (κ3) is 5.64. The van der Waals surface area contributed by atoms with E-state index in [1.54, 1.807) is 6.07 Å². The molecule has 1 aliphatic rings. The largest absolute Gasteiger partial charge is 0.507 e. The van der Waals surface area contributed by atoms with Gasteiger partial charge >= 0.3 is 0 Å². The molecule has 37 heavy (non-hydrogen) atoms. The van der Waals surface area contributed by atoms with Crippen molar-refractivity contribution in [3.8, 4) is 28.5 Å². The van der Waals surface area contributed by atoms with E-state index in [1.807, 2.05) is 6.07 Å². The summed E-state index contributed by atoms with van der Waals surface area (Å²) in [5, 5.41) is 10.4. The molecule has 196 valence electrons. The third-order valence-electron chi connectivity index (χ3n) is 7.72. The summed E-state index contributed by atoms with van der Waals surface area (Å²) in [4.78, 5) is 19.3. The second kappa shape index (κ2) is 11.3. The van der Waals surface area contributed by atoms with Gasteiger partial charge in [-0.3, -0.25) is 14.7 Å². The lowest BCUT2D eigenvalue weighted by Crippen LogP contribution is -2.43. The Labute approximate surface area is 220 Å². The molecule has 3 aromatic rings. The van der Waals surface area contributed by atoms with Gasteiger partial charge in [0, 0.05) is 47.6 Å². The Hall–Kier alpha value is -3.38. The molecule has 0 saturated carbocycles. The standard InChI is InChI=1S/C31H39N3O3/c1-6-22-12-9-13-23(7-2)30(22)27-17-29(37-24-14-15-25(31(32)36)28(35)16-24)26(21(5)33-27)18-34-19(3)10-8-11-20(34)4/h9,12-17,19-20,35H,6-8,10-11,18H2,1-5H3,(H2,32,36). The Balaban J connectivity index is 1.84. The Kier molecular flexibility index (Phi) is 8.18. The zero-order valence-corrected chi connectivity index (χ0v) is 22.7. The van der Waals surface area contributed by atoms with Crippen molar-refractivity contribution >= 4 is 5.91 Å². The number of phenols is 1. The molecule has 1 aliphatic heterocycles. The summed E-state index contributed by atoms with van der Waals surface area (Å²) in [7, 11) is 0. The zero-order valence-electron chi connectivity index (χ0n) is 22.7. The van der Waals surface area contributed by atoms with Gasteiger partial charge in [-0.15, -0.1) is 0 Å². The van der Waals surface area contributed by atoms with Crippen molar-refractivity contribution in [1.82, 2.24) is 9.88 Å². The topological polar surface area (TPSA) is 88.7 Å². The van der Waals surface area contributed by atoms with Gasteiger partial charge in [-0.05, 0) is 69.7 Å². The number of primary amides is 1. The molecule has 1 saturated heterocycles. The minimum atomic E-state index is -0.678. The Morgan fingerprint density at radius 1 is 1.08 bits per heavy atom. The number of hydrogen-bond donors (Lipinski definition) is 2. The molecule has 0 radical (unpaired) electrons. The molecule has 4 rings (SSSR count). The van der Waals surface area contributed by atoms with Gasteiger partial charge in [0.15, 0.2) is 0 Å². The molecule has 2 unspecified atom stereocenters. The molecule has 3 N–H and O–H groups in total. The van der Waals surface area contributed by atoms with E-state index in [1.165, 1.54) is 48.1 Å². The number of piperidine rings is 1. The number of aromatic nitrogens is 1. The van der Waals surface area contributed by atoms with Gasteiger partial charge in [-0.25, -0.2) is 0 Å². The predicted octanol–water partition coefficient (Wildman–Crippen LogP) is 6.54. The number of aromatic hydroxyl groups is 1. The van der Waals surface area contributed by atoms with Crippen molar-refractivity contribution < 1.29 is 14.6 Å². The van der Waals surface area contributed by atoms with Gasteiger partial charge in [-0.1, -0.05) is 38.5 Å². The highest BCUT2D eigenvalue weighted by atomic mass is 16.5. The number of nitrogens with two attached hydrogens (primary N) is 1. The maximum atomic E-state index is 11.6. The number of benzene rings is 2. The van der Waals surface area contributed by atoms with Crippen molar-refractivity contribution in [3.63, 3.8) is 0 Å². The zero-order chi connectivity index (χ0) is 26.7. The first kappa shape index (κ1) is 26.7. The monoisotopic (exact) mass is 501 g/mol. The number of amides is 1. The number of pyridine rings is 1. The Morgan fingerprint density at radius 3 is 2.30 bits per heavy atom. The normalized spacial score (nSPS) is 18.1. The molecule has 1 aromatic heterocycles. The molecular weight excluding hydrogens is 462 g/mol. The average Bonchev–Trinajstić information content (AvgIpc) is 2.86. The van der Waals surface area contributed by atoms with E-state index in [0.717, 1.165) is 36.3 Å². The van der Waals surface area contributed by atoms with Crippen LogP contribution < -0.4 is 10.5 Å². The summed E-state index contributed by atoms with van der Waals surface area (Å²) in [6.45, 7) is 11.7. The highest BCUT2D eigenvalue weighted by Gasteiger charge is 2.27. The molecule has 6 nitrogen and oxygen atoms in total. The van der Waals surface area contributed by atoms with Gasteiger partial charge in [0.25, 0.3) is 5.91 Å². The number of ether oxygens (including phenoxy) is 1. The van der Waals surface area contributed by atoms with E-state index in [0.29, 0.717) is 23.6 Å². The van der Waals surface area contributed by atoms with Crippen LogP contribution in [-0.2, 0) is 19.4 Å². The SMILES string of the molecule is CCc1cccc(CC)c1-c1cc(Oc2ccc(C(N)=O)c(O)c2)c(CN2C(C)CCCC2C)c(C)n1. The lowest BCUT2D eigenvalue weighted by Gasteiger charge is -2.39. The van der Waals surface area contributed by atoms with Crippen LogP contribution in [0.1, 0.15) is 79.7 Å². The van der Waals surface area contributed by atoms with Gasteiger partial charge in [0.2, 0.25) is 0 Å². The van der Waals surface area contributed by atoms with E-state index in [-0.39, 0.29) is 11.3 Å². The summed E-state index contributed by atoms with van der Waals surface area (Å²) in [6, 6.07) is 14.0. The first-order chi connectivity index (χ1) is 17.7. The van der Waals surface area contributed by atoms with Crippen molar-refractivity contribution in [2.45, 2.75) is 85.4 Å². The van der Waals surface area contributed by atoms with Crippen molar-refractivity contribution in [2.75, 3.05) is 0 Å². The summed E-state index contributed by atoms with van der Waals surface area (Å²) in [5.74, 6) is 0.287. The lowest BCUT2D eigenvalue weighted by atomic mass is 9.93. The van der Waals surface area contributed by atoms with E-state index in [2.05, 4.69) is 57.7 Å². The second-order valence-electron chi connectivity index (χ2n) is 10.2.